The molecule has 4 N–H and O–H groups in total. The number of hydrogen-bond donors (Lipinski definition) is 3. The van der Waals surface area contributed by atoms with Gasteiger partial charge in [0.15, 0.2) is 11.5 Å². The average molecular weight is 292 g/mol. The molecular formula is C11H16N8O2. The van der Waals surface area contributed by atoms with Gasteiger partial charge in [-0.1, -0.05) is 5.16 Å². The molecule has 0 radical (unpaired) electrons. The molecule has 2 aromatic rings. The number of nitrogens with zero attached hydrogens (tertiary/aromatic N) is 6. The molecule has 0 aromatic carbocycles. The van der Waals surface area contributed by atoms with Crippen molar-refractivity contribution in [3.63, 3.8) is 0 Å². The molecular weight excluding hydrogens is 276 g/mol. The molecule has 1 fully saturated rings. The van der Waals surface area contributed by atoms with Gasteiger partial charge >= 0.3 is 5.69 Å². The third kappa shape index (κ3) is 2.65. The molecule has 1 saturated heterocycles. The van der Waals surface area contributed by atoms with Crippen LogP contribution < -0.4 is 16.3 Å². The highest BCUT2D eigenvalue weighted by Crippen LogP contribution is 2.14. The molecule has 10 nitrogen and oxygen atoms in total. The predicted molar refractivity (Wildman–Crippen MR) is 75.7 cm³/mol. The highest BCUT2D eigenvalue weighted by atomic mass is 16.4. The average Bonchev–Trinajstić information content (AvgIpc) is 2.89. The van der Waals surface area contributed by atoms with E-state index in [4.69, 9.17) is 10.9 Å². The quantitative estimate of drug-likeness (QED) is 0.266. The third-order valence-electron chi connectivity index (χ3n) is 3.51. The van der Waals surface area contributed by atoms with Crippen molar-refractivity contribution in [1.82, 2.24) is 24.5 Å². The van der Waals surface area contributed by atoms with Gasteiger partial charge in [-0.2, -0.15) is 5.10 Å². The summed E-state index contributed by atoms with van der Waals surface area (Å²) in [6.07, 6.45) is 1.47. The topological polar surface area (TPSA) is 128 Å². The number of rotatable bonds is 3. The molecule has 21 heavy (non-hydrogen) atoms. The second-order valence-corrected chi connectivity index (χ2v) is 4.86. The smallest absolute Gasteiger partial charge is 0.348 e. The largest absolute Gasteiger partial charge is 0.409 e. The Morgan fingerprint density at radius 2 is 2.19 bits per heavy atom. The van der Waals surface area contributed by atoms with Gasteiger partial charge in [0.25, 0.3) is 0 Å². The first kappa shape index (κ1) is 13.4. The third-order valence-corrected chi connectivity index (χ3v) is 3.51. The lowest BCUT2D eigenvalue weighted by Crippen LogP contribution is -2.49. The summed E-state index contributed by atoms with van der Waals surface area (Å²) >= 11 is 0. The van der Waals surface area contributed by atoms with Crippen LogP contribution in [0.4, 0.5) is 5.82 Å². The Labute approximate surface area is 119 Å². The van der Waals surface area contributed by atoms with Crippen LogP contribution in [0.2, 0.25) is 0 Å². The van der Waals surface area contributed by atoms with Crippen LogP contribution in [0.5, 0.6) is 0 Å². The number of nitrogens with two attached hydrogens (primary N) is 1. The number of aromatic nitrogens is 4. The van der Waals surface area contributed by atoms with Gasteiger partial charge in [0.05, 0.1) is 6.54 Å². The summed E-state index contributed by atoms with van der Waals surface area (Å²) in [5.41, 5.74) is 5.75. The van der Waals surface area contributed by atoms with Gasteiger partial charge in [-0.15, -0.1) is 0 Å². The number of H-pyrrole nitrogens is 1. The number of nitrogens with one attached hydrogen (secondary N) is 1. The Balaban J connectivity index is 1.69. The van der Waals surface area contributed by atoms with Crippen LogP contribution in [0.15, 0.2) is 22.3 Å². The molecule has 3 heterocycles. The molecule has 0 amide bonds. The van der Waals surface area contributed by atoms with Crippen LogP contribution >= 0.6 is 0 Å². The van der Waals surface area contributed by atoms with Crippen molar-refractivity contribution in [3.8, 4) is 0 Å². The Morgan fingerprint density at radius 1 is 1.43 bits per heavy atom. The first-order chi connectivity index (χ1) is 10.2. The van der Waals surface area contributed by atoms with Gasteiger partial charge in [0.1, 0.15) is 12.1 Å². The zero-order valence-corrected chi connectivity index (χ0v) is 11.3. The minimum atomic E-state index is -0.298. The van der Waals surface area contributed by atoms with Gasteiger partial charge in [-0.05, 0) is 0 Å². The summed E-state index contributed by atoms with van der Waals surface area (Å²) in [4.78, 5) is 19.9. The maximum atomic E-state index is 11.4. The van der Waals surface area contributed by atoms with Crippen LogP contribution in [0.25, 0.3) is 5.65 Å². The van der Waals surface area contributed by atoms with E-state index in [0.29, 0.717) is 12.2 Å². The highest BCUT2D eigenvalue weighted by molar-refractivity contribution is 5.81. The van der Waals surface area contributed by atoms with Crippen molar-refractivity contribution >= 4 is 17.3 Å². The van der Waals surface area contributed by atoms with Gasteiger partial charge < -0.3 is 15.8 Å². The summed E-state index contributed by atoms with van der Waals surface area (Å²) < 4.78 is 1.36. The minimum Gasteiger partial charge on any atom is -0.409 e. The number of hydrogen-bond acceptors (Lipinski definition) is 7. The van der Waals surface area contributed by atoms with Crippen LogP contribution in [0, 0.1) is 0 Å². The summed E-state index contributed by atoms with van der Waals surface area (Å²) in [6.45, 7) is 3.57. The Morgan fingerprint density at radius 3 is 2.90 bits per heavy atom. The molecule has 0 bridgehead atoms. The van der Waals surface area contributed by atoms with Crippen molar-refractivity contribution in [2.75, 3.05) is 37.6 Å². The number of piperazine rings is 1. The summed E-state index contributed by atoms with van der Waals surface area (Å²) in [6, 6.07) is 1.77. The van der Waals surface area contributed by atoms with Crippen molar-refractivity contribution in [2.24, 2.45) is 10.9 Å². The Kier molecular flexibility index (Phi) is 3.44. The molecule has 0 unspecified atom stereocenters. The molecule has 0 atom stereocenters. The molecule has 0 saturated carbocycles. The SMILES string of the molecule is NC(CN1CCN(c2cc3n[nH]c(=O)n3cn2)CC1)=NO. The summed E-state index contributed by atoms with van der Waals surface area (Å²) in [5, 5.41) is 17.9. The second kappa shape index (κ2) is 5.40. The van der Waals surface area contributed by atoms with E-state index >= 15 is 0 Å². The molecule has 0 spiro atoms. The van der Waals surface area contributed by atoms with E-state index in [1.807, 2.05) is 0 Å². The van der Waals surface area contributed by atoms with Crippen LogP contribution in [-0.4, -0.2) is 68.2 Å². The van der Waals surface area contributed by atoms with Crippen molar-refractivity contribution in [1.29, 1.82) is 0 Å². The van der Waals surface area contributed by atoms with Gasteiger partial charge in [0, 0.05) is 32.2 Å². The molecule has 3 rings (SSSR count). The number of anilines is 1. The zero-order chi connectivity index (χ0) is 14.8. The van der Waals surface area contributed by atoms with Crippen LogP contribution in [0.3, 0.4) is 0 Å². The van der Waals surface area contributed by atoms with E-state index in [1.54, 1.807) is 6.07 Å². The normalized spacial score (nSPS) is 17.5. The molecule has 10 heteroatoms. The van der Waals surface area contributed by atoms with Gasteiger partial charge in [0.2, 0.25) is 0 Å². The standard InChI is InChI=1S/C11H16N8O2/c12-8(16-21)6-17-1-3-18(4-2-17)9-5-10-14-15-11(20)19(10)7-13-9/h5,7,21H,1-4,6H2,(H2,12,16)(H,15,20). The Bertz CT molecular complexity index is 712. The summed E-state index contributed by atoms with van der Waals surface area (Å²) in [7, 11) is 0. The minimum absolute atomic E-state index is 0.207. The predicted octanol–water partition coefficient (Wildman–Crippen LogP) is -1.71. The number of fused-ring (bicyclic) bond motifs is 1. The second-order valence-electron chi connectivity index (χ2n) is 4.86. The van der Waals surface area contributed by atoms with E-state index in [-0.39, 0.29) is 11.5 Å². The van der Waals surface area contributed by atoms with Crippen molar-refractivity contribution in [3.05, 3.63) is 22.9 Å². The number of oxime groups is 1. The fourth-order valence-corrected chi connectivity index (χ4v) is 2.37. The molecule has 0 aliphatic carbocycles. The van der Waals surface area contributed by atoms with E-state index in [0.717, 1.165) is 32.0 Å². The molecule has 2 aromatic heterocycles. The zero-order valence-electron chi connectivity index (χ0n) is 11.3. The molecule has 1 aliphatic heterocycles. The first-order valence-corrected chi connectivity index (χ1v) is 6.54. The van der Waals surface area contributed by atoms with E-state index < -0.39 is 0 Å². The number of aromatic amines is 1. The number of amidine groups is 1. The fourth-order valence-electron chi connectivity index (χ4n) is 2.37. The Hall–Kier alpha value is -2.62. The van der Waals surface area contributed by atoms with E-state index in [1.165, 1.54) is 10.7 Å². The lowest BCUT2D eigenvalue weighted by molar-refractivity contribution is 0.278. The molecule has 1 aliphatic rings. The first-order valence-electron chi connectivity index (χ1n) is 6.54. The molecule has 112 valence electrons. The van der Waals surface area contributed by atoms with E-state index in [2.05, 4.69) is 30.1 Å². The lowest BCUT2D eigenvalue weighted by atomic mass is 10.3. The highest BCUT2D eigenvalue weighted by Gasteiger charge is 2.19. The van der Waals surface area contributed by atoms with Crippen LogP contribution in [0.1, 0.15) is 0 Å². The van der Waals surface area contributed by atoms with Gasteiger partial charge in [-0.25, -0.2) is 19.3 Å². The van der Waals surface area contributed by atoms with Crippen molar-refractivity contribution < 1.29 is 5.21 Å². The van der Waals surface area contributed by atoms with Crippen LogP contribution in [-0.2, 0) is 0 Å². The van der Waals surface area contributed by atoms with E-state index in [9.17, 15) is 4.79 Å². The fraction of sp³-hybridized carbons (Fsp3) is 0.455. The van der Waals surface area contributed by atoms with Crippen molar-refractivity contribution in [2.45, 2.75) is 0 Å². The summed E-state index contributed by atoms with van der Waals surface area (Å²) in [5.74, 6) is 0.990. The van der Waals surface area contributed by atoms with Gasteiger partial charge in [-0.3, -0.25) is 4.90 Å². The lowest BCUT2D eigenvalue weighted by Gasteiger charge is -2.34. The maximum absolute atomic E-state index is 11.4. The monoisotopic (exact) mass is 292 g/mol. The maximum Gasteiger partial charge on any atom is 0.348 e.